The van der Waals surface area contributed by atoms with Gasteiger partial charge < -0.3 is 29.5 Å². The summed E-state index contributed by atoms with van der Waals surface area (Å²) in [6.45, 7) is 3.13. The van der Waals surface area contributed by atoms with Gasteiger partial charge >= 0.3 is 19.8 Å². The molecule has 0 heterocycles. The van der Waals surface area contributed by atoms with Gasteiger partial charge in [0, 0.05) is 12.8 Å². The molecule has 322 valence electrons. The molecule has 0 unspecified atom stereocenters. The Kier molecular flexibility index (Phi) is 36.8. The molecular formula is C47H69O10P. The first-order valence-corrected chi connectivity index (χ1v) is 21.9. The SMILES string of the molecule is CC/C=C\C/C=C\C/C=C\C/C=C\C/C=C\C/C=C\CCC(=O)OC[C@H](COP(=O)(O)O)OC(=O)CCC/C=C\[C@@H](O)/C=C/C=C\C/C=C\C=C\[C@@H](O)C/C=C\CC. The predicted octanol–water partition coefficient (Wildman–Crippen LogP) is 10.4. The molecule has 11 heteroatoms. The van der Waals surface area contributed by atoms with E-state index in [1.165, 1.54) is 0 Å². The fourth-order valence-electron chi connectivity index (χ4n) is 4.55. The van der Waals surface area contributed by atoms with Crippen molar-refractivity contribution in [1.82, 2.24) is 0 Å². The maximum Gasteiger partial charge on any atom is 0.469 e. The van der Waals surface area contributed by atoms with E-state index in [2.05, 4.69) is 66.1 Å². The van der Waals surface area contributed by atoms with E-state index >= 15 is 0 Å². The highest BCUT2D eigenvalue weighted by molar-refractivity contribution is 7.46. The first-order chi connectivity index (χ1) is 28.1. The molecule has 10 nitrogen and oxygen atoms in total. The molecule has 0 saturated heterocycles. The van der Waals surface area contributed by atoms with Crippen LogP contribution in [0.25, 0.3) is 0 Å². The standard InChI is InChI=1S/C47H69O10P/c1-3-5-7-8-9-10-11-12-13-14-15-16-17-18-19-20-24-27-33-39-46(50)55-41-45(42-56-58(52,53)54)57-47(51)40-34-28-32-38-44(49)37-31-26-23-21-22-25-30-36-43(48)35-29-6-4-2/h5-7,9-10,12-13,15-16,18-19,22-27,29-32,36-38,43-45,48-49H,3-4,8,11,14,17,20-21,28,33-35,39-42H2,1-2H3,(H2,52,53,54)/b7-5-,10-9-,13-12-,16-15-,19-18-,25-22-,26-23-,27-24-,29-6-,36-30+,37-31+,38-32-/t43-,44-,45+/m0/s1. The summed E-state index contributed by atoms with van der Waals surface area (Å²) in [5.41, 5.74) is 0. The molecule has 0 radical (unpaired) electrons. The molecule has 0 amide bonds. The van der Waals surface area contributed by atoms with E-state index in [0.717, 1.165) is 44.9 Å². The number of aliphatic hydroxyl groups is 2. The van der Waals surface area contributed by atoms with E-state index in [9.17, 15) is 24.4 Å². The van der Waals surface area contributed by atoms with Crippen LogP contribution in [0.1, 0.15) is 104 Å². The van der Waals surface area contributed by atoms with Gasteiger partial charge in [-0.3, -0.25) is 14.1 Å². The third kappa shape index (κ3) is 41.5. The summed E-state index contributed by atoms with van der Waals surface area (Å²) in [5.74, 6) is -1.19. The molecule has 0 rings (SSSR count). The first kappa shape index (κ1) is 53.9. The summed E-state index contributed by atoms with van der Waals surface area (Å²) in [6.07, 6.45) is 53.7. The Bertz CT molecular complexity index is 1470. The van der Waals surface area contributed by atoms with E-state index < -0.39 is 51.3 Å². The third-order valence-corrected chi connectivity index (χ3v) is 8.03. The van der Waals surface area contributed by atoms with E-state index in [1.807, 2.05) is 67.7 Å². The van der Waals surface area contributed by atoms with Crippen molar-refractivity contribution in [2.75, 3.05) is 13.2 Å². The van der Waals surface area contributed by atoms with Gasteiger partial charge in [0.15, 0.2) is 6.10 Å². The Hall–Kier alpha value is -4.15. The maximum atomic E-state index is 12.4. The number of unbranched alkanes of at least 4 members (excludes halogenated alkanes) is 1. The molecule has 0 aromatic carbocycles. The monoisotopic (exact) mass is 824 g/mol. The zero-order valence-electron chi connectivity index (χ0n) is 34.6. The lowest BCUT2D eigenvalue weighted by atomic mass is 10.2. The molecule has 0 aliphatic rings. The normalized spacial score (nSPS) is 15.1. The minimum absolute atomic E-state index is 0.000372. The van der Waals surface area contributed by atoms with E-state index in [4.69, 9.17) is 19.3 Å². The summed E-state index contributed by atoms with van der Waals surface area (Å²) in [7, 11) is -4.84. The van der Waals surface area contributed by atoms with Gasteiger partial charge in [0.25, 0.3) is 0 Å². The molecule has 3 atom stereocenters. The highest BCUT2D eigenvalue weighted by Gasteiger charge is 2.22. The van der Waals surface area contributed by atoms with Crippen LogP contribution in [-0.2, 0) is 28.2 Å². The predicted molar refractivity (Wildman–Crippen MR) is 237 cm³/mol. The summed E-state index contributed by atoms with van der Waals surface area (Å²) in [6, 6.07) is 0. The molecular weight excluding hydrogens is 755 g/mol. The number of hydrogen-bond acceptors (Lipinski definition) is 8. The quantitative estimate of drug-likeness (QED) is 0.0162. The van der Waals surface area contributed by atoms with E-state index in [-0.39, 0.29) is 12.8 Å². The number of phosphoric ester groups is 1. The van der Waals surface area contributed by atoms with Gasteiger partial charge in [-0.05, 0) is 77.0 Å². The van der Waals surface area contributed by atoms with Gasteiger partial charge in [0.2, 0.25) is 0 Å². The lowest BCUT2D eigenvalue weighted by Gasteiger charge is -2.18. The second-order valence-electron chi connectivity index (χ2n) is 12.9. The van der Waals surface area contributed by atoms with E-state index in [1.54, 1.807) is 30.4 Å². The minimum Gasteiger partial charge on any atom is -0.462 e. The summed E-state index contributed by atoms with van der Waals surface area (Å²) in [4.78, 5) is 42.8. The zero-order valence-corrected chi connectivity index (χ0v) is 35.5. The number of carbonyl (C=O) groups is 2. The molecule has 0 aliphatic heterocycles. The van der Waals surface area contributed by atoms with Crippen LogP contribution in [0.2, 0.25) is 0 Å². The number of ether oxygens (including phenoxy) is 2. The van der Waals surface area contributed by atoms with Crippen LogP contribution in [-0.4, -0.2) is 63.5 Å². The van der Waals surface area contributed by atoms with E-state index in [0.29, 0.717) is 32.1 Å². The molecule has 58 heavy (non-hydrogen) atoms. The van der Waals surface area contributed by atoms with Crippen molar-refractivity contribution >= 4 is 19.8 Å². The Morgan fingerprint density at radius 1 is 0.552 bits per heavy atom. The molecule has 0 saturated carbocycles. The zero-order chi connectivity index (χ0) is 42.8. The molecule has 0 aromatic heterocycles. The molecule has 0 bridgehead atoms. The Morgan fingerprint density at radius 3 is 1.64 bits per heavy atom. The van der Waals surface area contributed by atoms with Crippen molar-refractivity contribution in [3.05, 3.63) is 146 Å². The summed E-state index contributed by atoms with van der Waals surface area (Å²) < 4.78 is 26.2. The van der Waals surface area contributed by atoms with Gasteiger partial charge in [0.1, 0.15) is 6.61 Å². The van der Waals surface area contributed by atoms with Crippen LogP contribution in [0, 0.1) is 0 Å². The Balaban J connectivity index is 4.36. The van der Waals surface area contributed by atoms with Gasteiger partial charge in [-0.2, -0.15) is 0 Å². The molecule has 0 spiro atoms. The van der Waals surface area contributed by atoms with Gasteiger partial charge in [0.05, 0.1) is 18.8 Å². The van der Waals surface area contributed by atoms with Gasteiger partial charge in [-0.25, -0.2) is 4.57 Å². The van der Waals surface area contributed by atoms with Crippen molar-refractivity contribution in [2.45, 2.75) is 122 Å². The molecule has 0 aromatic rings. The number of phosphoric acid groups is 1. The largest absolute Gasteiger partial charge is 0.469 e. The van der Waals surface area contributed by atoms with Gasteiger partial charge in [-0.1, -0.05) is 160 Å². The van der Waals surface area contributed by atoms with Crippen LogP contribution in [0.4, 0.5) is 0 Å². The number of carbonyl (C=O) groups excluding carboxylic acids is 2. The fraction of sp³-hybridized carbons (Fsp3) is 0.447. The topological polar surface area (TPSA) is 160 Å². The summed E-state index contributed by atoms with van der Waals surface area (Å²) in [5, 5.41) is 19.9. The molecule has 0 fully saturated rings. The molecule has 0 aliphatic carbocycles. The van der Waals surface area contributed by atoms with Crippen molar-refractivity contribution in [3.63, 3.8) is 0 Å². The number of allylic oxidation sites excluding steroid dienone is 20. The smallest absolute Gasteiger partial charge is 0.462 e. The van der Waals surface area contributed by atoms with Crippen LogP contribution in [0.3, 0.4) is 0 Å². The second-order valence-corrected chi connectivity index (χ2v) is 14.1. The Labute approximate surface area is 348 Å². The Morgan fingerprint density at radius 2 is 1.07 bits per heavy atom. The highest BCUT2D eigenvalue weighted by Crippen LogP contribution is 2.35. The number of esters is 2. The highest BCUT2D eigenvalue weighted by atomic mass is 31.2. The average Bonchev–Trinajstić information content (AvgIpc) is 3.18. The lowest BCUT2D eigenvalue weighted by molar-refractivity contribution is -0.161. The van der Waals surface area contributed by atoms with Crippen molar-refractivity contribution in [3.8, 4) is 0 Å². The number of aliphatic hydroxyl groups excluding tert-OH is 2. The maximum absolute atomic E-state index is 12.4. The minimum atomic E-state index is -4.84. The van der Waals surface area contributed by atoms with Gasteiger partial charge in [-0.15, -0.1) is 0 Å². The average molecular weight is 825 g/mol. The van der Waals surface area contributed by atoms with Crippen LogP contribution in [0.15, 0.2) is 146 Å². The van der Waals surface area contributed by atoms with Crippen molar-refractivity contribution in [2.24, 2.45) is 0 Å². The fourth-order valence-corrected chi connectivity index (χ4v) is 4.91. The first-order valence-electron chi connectivity index (χ1n) is 20.4. The number of hydrogen-bond donors (Lipinski definition) is 4. The van der Waals surface area contributed by atoms with Crippen molar-refractivity contribution < 1.29 is 48.2 Å². The second kappa shape index (κ2) is 39.7. The van der Waals surface area contributed by atoms with Crippen LogP contribution in [0.5, 0.6) is 0 Å². The lowest BCUT2D eigenvalue weighted by Crippen LogP contribution is -2.29. The van der Waals surface area contributed by atoms with Crippen molar-refractivity contribution in [1.29, 1.82) is 0 Å². The summed E-state index contributed by atoms with van der Waals surface area (Å²) >= 11 is 0. The third-order valence-electron chi connectivity index (χ3n) is 7.54. The van der Waals surface area contributed by atoms with Crippen LogP contribution < -0.4 is 0 Å². The van der Waals surface area contributed by atoms with Crippen LogP contribution >= 0.6 is 7.82 Å². The number of rotatable bonds is 34. The molecule has 4 N–H and O–H groups in total.